The summed E-state index contributed by atoms with van der Waals surface area (Å²) in [5, 5.41) is 0.955. The highest BCUT2D eigenvalue weighted by Crippen LogP contribution is 2.42. The summed E-state index contributed by atoms with van der Waals surface area (Å²) >= 11 is 0. The molecule has 0 spiro atoms. The number of rotatable bonds is 3. The smallest absolute Gasteiger partial charge is 0.336 e. The minimum absolute atomic E-state index is 0.234. The number of benzene rings is 1. The maximum absolute atomic E-state index is 12.7. The summed E-state index contributed by atoms with van der Waals surface area (Å²) in [6.07, 6.45) is 8.96. The molecule has 138 valence electrons. The van der Waals surface area contributed by atoms with Crippen molar-refractivity contribution in [2.24, 2.45) is 0 Å². The summed E-state index contributed by atoms with van der Waals surface area (Å²) in [6, 6.07) is 2.90. The van der Waals surface area contributed by atoms with Crippen LogP contribution in [0.15, 0.2) is 48.8 Å². The molecule has 0 fully saturated rings. The Hall–Kier alpha value is -3.08. The van der Waals surface area contributed by atoms with Crippen LogP contribution < -0.4 is 15.8 Å². The van der Waals surface area contributed by atoms with Crippen molar-refractivity contribution in [2.75, 3.05) is 0 Å². The highest BCUT2D eigenvalue weighted by molar-refractivity contribution is 6.10. The molecule has 1 aromatic carbocycles. The molecule has 5 nitrogen and oxygen atoms in total. The molecule has 0 saturated heterocycles. The first-order valence-corrected chi connectivity index (χ1v) is 9.08. The van der Waals surface area contributed by atoms with Crippen LogP contribution in [0.5, 0.6) is 5.75 Å². The molecule has 2 aromatic heterocycles. The van der Waals surface area contributed by atoms with E-state index in [1.165, 1.54) is 12.1 Å². The standard InChI is InChI=1S/C22H20O5/c1-4-6-13-11-17(24)27-22-18(13)20-15(9-8-14(26-20)7-5-2)21-19(22)16(23)10-12(3)25-21/h5,7-11,14H,4,6H2,1-3H3. The summed E-state index contributed by atoms with van der Waals surface area (Å²) in [4.78, 5) is 24.9. The average molecular weight is 364 g/mol. The lowest BCUT2D eigenvalue weighted by atomic mass is 9.96. The molecular weight excluding hydrogens is 344 g/mol. The molecule has 3 aromatic rings. The van der Waals surface area contributed by atoms with Crippen LogP contribution in [0, 0.1) is 6.92 Å². The number of allylic oxidation sites excluding steroid dienone is 1. The second-order valence-electron chi connectivity index (χ2n) is 6.68. The molecule has 5 heteroatoms. The van der Waals surface area contributed by atoms with Crippen molar-refractivity contribution in [3.8, 4) is 5.75 Å². The van der Waals surface area contributed by atoms with Crippen LogP contribution in [0.3, 0.4) is 0 Å². The number of hydrogen-bond acceptors (Lipinski definition) is 5. The summed E-state index contributed by atoms with van der Waals surface area (Å²) in [6.45, 7) is 5.68. The van der Waals surface area contributed by atoms with Gasteiger partial charge in [0.05, 0.1) is 10.9 Å². The number of aryl methyl sites for hydroxylation is 2. The van der Waals surface area contributed by atoms with Crippen molar-refractivity contribution in [1.29, 1.82) is 0 Å². The number of hydrogen-bond donors (Lipinski definition) is 0. The van der Waals surface area contributed by atoms with Crippen LogP contribution >= 0.6 is 0 Å². The Morgan fingerprint density at radius 3 is 2.67 bits per heavy atom. The van der Waals surface area contributed by atoms with Crippen molar-refractivity contribution >= 4 is 28.0 Å². The topological polar surface area (TPSA) is 69.7 Å². The third-order valence-electron chi connectivity index (χ3n) is 4.67. The maximum Gasteiger partial charge on any atom is 0.336 e. The molecule has 0 amide bonds. The first kappa shape index (κ1) is 17.3. The van der Waals surface area contributed by atoms with Gasteiger partial charge in [0.25, 0.3) is 0 Å². The molecule has 0 saturated carbocycles. The molecule has 3 heterocycles. The van der Waals surface area contributed by atoms with E-state index in [4.69, 9.17) is 13.6 Å². The van der Waals surface area contributed by atoms with Gasteiger partial charge >= 0.3 is 5.63 Å². The second kappa shape index (κ2) is 6.58. The maximum atomic E-state index is 12.7. The van der Waals surface area contributed by atoms with Crippen LogP contribution in [-0.4, -0.2) is 6.10 Å². The third-order valence-corrected chi connectivity index (χ3v) is 4.67. The fraction of sp³-hybridized carbons (Fsp3) is 0.273. The SMILES string of the molecule is CC=CC1C=Cc2c(c3c(CCC)cc(=O)oc3c3c(=O)cc(C)oc23)O1. The summed E-state index contributed by atoms with van der Waals surface area (Å²) in [7, 11) is 0. The predicted molar refractivity (Wildman–Crippen MR) is 106 cm³/mol. The second-order valence-corrected chi connectivity index (χ2v) is 6.68. The van der Waals surface area contributed by atoms with Crippen molar-refractivity contribution in [2.45, 2.75) is 39.7 Å². The lowest BCUT2D eigenvalue weighted by molar-refractivity contribution is 0.295. The van der Waals surface area contributed by atoms with E-state index in [-0.39, 0.29) is 22.5 Å². The largest absolute Gasteiger partial charge is 0.481 e. The van der Waals surface area contributed by atoms with Crippen molar-refractivity contribution in [3.63, 3.8) is 0 Å². The van der Waals surface area contributed by atoms with Gasteiger partial charge in [-0.25, -0.2) is 4.79 Å². The number of fused-ring (bicyclic) bond motifs is 6. The van der Waals surface area contributed by atoms with Gasteiger partial charge in [-0.2, -0.15) is 0 Å². The lowest BCUT2D eigenvalue weighted by Crippen LogP contribution is -2.16. The first-order valence-electron chi connectivity index (χ1n) is 9.08. The molecule has 1 aliphatic heterocycles. The van der Waals surface area contributed by atoms with Gasteiger partial charge in [-0.3, -0.25) is 4.79 Å². The lowest BCUT2D eigenvalue weighted by Gasteiger charge is -2.22. The Kier molecular flexibility index (Phi) is 4.22. The summed E-state index contributed by atoms with van der Waals surface area (Å²) in [5.41, 5.74) is 1.42. The van der Waals surface area contributed by atoms with Crippen LogP contribution in [0.25, 0.3) is 28.0 Å². The van der Waals surface area contributed by atoms with Gasteiger partial charge in [0, 0.05) is 12.1 Å². The first-order chi connectivity index (χ1) is 13.0. The summed E-state index contributed by atoms with van der Waals surface area (Å²) < 4.78 is 17.6. The fourth-order valence-electron chi connectivity index (χ4n) is 3.62. The average Bonchev–Trinajstić information content (AvgIpc) is 2.61. The normalized spacial score (nSPS) is 16.2. The summed E-state index contributed by atoms with van der Waals surface area (Å²) in [5.74, 6) is 1.08. The van der Waals surface area contributed by atoms with Crippen LogP contribution in [0.2, 0.25) is 0 Å². The molecule has 1 aliphatic rings. The van der Waals surface area contributed by atoms with Gasteiger partial charge in [-0.05, 0) is 44.1 Å². The minimum Gasteiger partial charge on any atom is -0.481 e. The quantitative estimate of drug-likeness (QED) is 0.388. The van der Waals surface area contributed by atoms with Gasteiger partial charge in [0.2, 0.25) is 0 Å². The molecule has 1 atom stereocenters. The van der Waals surface area contributed by atoms with E-state index >= 15 is 0 Å². The zero-order chi connectivity index (χ0) is 19.1. The van der Waals surface area contributed by atoms with Gasteiger partial charge in [0.1, 0.15) is 23.0 Å². The minimum atomic E-state index is -0.483. The molecule has 27 heavy (non-hydrogen) atoms. The molecule has 0 radical (unpaired) electrons. The van der Waals surface area contributed by atoms with Gasteiger partial charge in [-0.15, -0.1) is 0 Å². The van der Waals surface area contributed by atoms with Crippen molar-refractivity contribution in [1.82, 2.24) is 0 Å². The van der Waals surface area contributed by atoms with Gasteiger partial charge < -0.3 is 13.6 Å². The monoisotopic (exact) mass is 364 g/mol. The molecule has 4 rings (SSSR count). The van der Waals surface area contributed by atoms with Crippen molar-refractivity contribution in [3.05, 3.63) is 67.9 Å². The molecular formula is C22H20O5. The van der Waals surface area contributed by atoms with Crippen LogP contribution in [0.1, 0.15) is 37.2 Å². The Labute approximate surface area is 155 Å². The highest BCUT2D eigenvalue weighted by Gasteiger charge is 2.26. The van der Waals surface area contributed by atoms with E-state index in [0.717, 1.165) is 12.0 Å². The van der Waals surface area contributed by atoms with Crippen molar-refractivity contribution < 1.29 is 13.6 Å². The van der Waals surface area contributed by atoms with E-state index in [1.807, 2.05) is 38.2 Å². The number of ether oxygens (including phenoxy) is 1. The Morgan fingerprint density at radius 1 is 1.11 bits per heavy atom. The van der Waals surface area contributed by atoms with Crippen LogP contribution in [-0.2, 0) is 6.42 Å². The van der Waals surface area contributed by atoms with E-state index in [2.05, 4.69) is 0 Å². The Bertz CT molecular complexity index is 1220. The Morgan fingerprint density at radius 2 is 1.93 bits per heavy atom. The van der Waals surface area contributed by atoms with E-state index in [1.54, 1.807) is 6.92 Å². The highest BCUT2D eigenvalue weighted by atomic mass is 16.5. The zero-order valence-corrected chi connectivity index (χ0v) is 15.5. The van der Waals surface area contributed by atoms with E-state index in [0.29, 0.717) is 34.5 Å². The van der Waals surface area contributed by atoms with E-state index in [9.17, 15) is 9.59 Å². The molecule has 0 aliphatic carbocycles. The Balaban J connectivity index is 2.24. The molecule has 0 bridgehead atoms. The van der Waals surface area contributed by atoms with Gasteiger partial charge in [-0.1, -0.05) is 19.4 Å². The van der Waals surface area contributed by atoms with Gasteiger partial charge in [0.15, 0.2) is 16.6 Å². The third kappa shape index (κ3) is 2.79. The molecule has 0 N–H and O–H groups in total. The molecule has 1 unspecified atom stereocenters. The fourth-order valence-corrected chi connectivity index (χ4v) is 3.62. The van der Waals surface area contributed by atoms with E-state index < -0.39 is 5.63 Å². The van der Waals surface area contributed by atoms with Crippen LogP contribution in [0.4, 0.5) is 0 Å². The predicted octanol–water partition coefficient (Wildman–Crippen LogP) is 4.51. The zero-order valence-electron chi connectivity index (χ0n) is 15.5.